The van der Waals surface area contributed by atoms with Gasteiger partial charge in [-0.1, -0.05) is 0 Å². The molecule has 0 amide bonds. The van der Waals surface area contributed by atoms with Crippen molar-refractivity contribution in [2.45, 2.75) is 27.8 Å². The zero-order valence-corrected chi connectivity index (χ0v) is 9.69. The standard InChI is InChI=1S/C5H12N.C3H6.Ga/c1-4-5-6(2)3;1-3-2;/h1,4-5H2,2-3H3;1-3H2;. The van der Waals surface area contributed by atoms with Crippen molar-refractivity contribution in [2.24, 2.45) is 0 Å². The van der Waals surface area contributed by atoms with Crippen LogP contribution >= 0.6 is 0 Å². The Morgan fingerprint density at radius 2 is 2.00 bits per heavy atom. The fourth-order valence-corrected chi connectivity index (χ4v) is 6.35. The van der Waals surface area contributed by atoms with Gasteiger partial charge in [-0.15, -0.1) is 0 Å². The van der Waals surface area contributed by atoms with Crippen LogP contribution in [0.2, 0.25) is 14.9 Å². The summed E-state index contributed by atoms with van der Waals surface area (Å²) in [5.74, 6) is 0. The molecule has 1 heterocycles. The second-order valence-corrected chi connectivity index (χ2v) is 11.0. The van der Waals surface area contributed by atoms with E-state index in [2.05, 4.69) is 19.0 Å². The van der Waals surface area contributed by atoms with Crippen molar-refractivity contribution in [3.63, 3.8) is 0 Å². The number of hydrogen-bond acceptors (Lipinski definition) is 1. The molecule has 1 rings (SSSR count). The maximum atomic E-state index is 2.31. The van der Waals surface area contributed by atoms with Gasteiger partial charge < -0.3 is 0 Å². The van der Waals surface area contributed by atoms with E-state index >= 15 is 0 Å². The van der Waals surface area contributed by atoms with E-state index in [1.807, 2.05) is 0 Å². The van der Waals surface area contributed by atoms with E-state index in [4.69, 9.17) is 0 Å². The topological polar surface area (TPSA) is 3.24 Å². The molecule has 0 N–H and O–H groups in total. The van der Waals surface area contributed by atoms with Crippen LogP contribution in [0.4, 0.5) is 0 Å². The molecule has 0 aromatic carbocycles. The first-order valence-electron chi connectivity index (χ1n) is 4.44. The second-order valence-electron chi connectivity index (χ2n) is 3.74. The Labute approximate surface area is 69.8 Å². The van der Waals surface area contributed by atoms with Gasteiger partial charge in [0.25, 0.3) is 0 Å². The molecule has 1 saturated heterocycles. The van der Waals surface area contributed by atoms with Crippen molar-refractivity contribution in [1.29, 1.82) is 0 Å². The molecular weight excluding hydrogens is 180 g/mol. The molecule has 0 aromatic rings. The maximum absolute atomic E-state index is 2.31. The summed E-state index contributed by atoms with van der Waals surface area (Å²) in [7, 11) is 4.35. The van der Waals surface area contributed by atoms with Crippen LogP contribution < -0.4 is 0 Å². The third-order valence-electron chi connectivity index (χ3n) is 2.44. The number of hydrogen-bond donors (Lipinski definition) is 0. The number of rotatable bonds is 4. The summed E-state index contributed by atoms with van der Waals surface area (Å²) in [5, 5.41) is 0. The molecule has 0 spiro atoms. The van der Waals surface area contributed by atoms with E-state index in [1.165, 1.54) is 13.0 Å². The van der Waals surface area contributed by atoms with Crippen molar-refractivity contribution < 1.29 is 0 Å². The average molecular weight is 198 g/mol. The molecule has 1 aliphatic rings. The molecule has 1 fully saturated rings. The van der Waals surface area contributed by atoms with Crippen LogP contribution in [-0.2, 0) is 0 Å². The molecule has 0 aromatic heterocycles. The Bertz CT molecular complexity index is 89.3. The van der Waals surface area contributed by atoms with Crippen LogP contribution in [0.1, 0.15) is 12.8 Å². The van der Waals surface area contributed by atoms with Crippen LogP contribution in [0.25, 0.3) is 0 Å². The Balaban J connectivity index is 1.85. The van der Waals surface area contributed by atoms with E-state index in [0.29, 0.717) is 0 Å². The van der Waals surface area contributed by atoms with Crippen molar-refractivity contribution >= 4 is 16.2 Å². The van der Waals surface area contributed by atoms with Gasteiger partial charge in [-0.2, -0.15) is 0 Å². The molecular formula is C8H18GaN. The summed E-state index contributed by atoms with van der Waals surface area (Å²) < 4.78 is 0. The van der Waals surface area contributed by atoms with E-state index in [9.17, 15) is 0 Å². The van der Waals surface area contributed by atoms with Crippen LogP contribution in [0.5, 0.6) is 0 Å². The SMILES string of the molecule is CN(C)CC[CH2][Ga]1[CH2]C[CH2]1. The van der Waals surface area contributed by atoms with Gasteiger partial charge in [-0.25, -0.2) is 0 Å². The first-order valence-corrected chi connectivity index (χ1v) is 9.57. The third-order valence-corrected chi connectivity index (χ3v) is 10.2. The van der Waals surface area contributed by atoms with Gasteiger partial charge in [0.2, 0.25) is 0 Å². The Morgan fingerprint density at radius 3 is 2.40 bits per heavy atom. The van der Waals surface area contributed by atoms with Crippen LogP contribution in [0, 0.1) is 0 Å². The van der Waals surface area contributed by atoms with E-state index < -0.39 is 16.2 Å². The van der Waals surface area contributed by atoms with Crippen molar-refractivity contribution in [3.05, 3.63) is 0 Å². The van der Waals surface area contributed by atoms with Crippen molar-refractivity contribution in [3.8, 4) is 0 Å². The minimum atomic E-state index is -0.501. The molecule has 58 valence electrons. The minimum absolute atomic E-state index is 0.501. The summed E-state index contributed by atoms with van der Waals surface area (Å²) >= 11 is -0.501. The molecule has 0 unspecified atom stereocenters. The zero-order chi connectivity index (χ0) is 7.40. The van der Waals surface area contributed by atoms with Crippen molar-refractivity contribution in [2.75, 3.05) is 20.6 Å². The molecule has 0 atom stereocenters. The third kappa shape index (κ3) is 3.13. The van der Waals surface area contributed by atoms with E-state index in [1.54, 1.807) is 21.3 Å². The zero-order valence-electron chi connectivity index (χ0n) is 7.27. The normalized spacial score (nSPS) is 17.7. The molecule has 10 heavy (non-hydrogen) atoms. The fraction of sp³-hybridized carbons (Fsp3) is 1.00. The molecule has 0 radical (unpaired) electrons. The van der Waals surface area contributed by atoms with Gasteiger partial charge in [-0.3, -0.25) is 0 Å². The van der Waals surface area contributed by atoms with Crippen LogP contribution in [-0.4, -0.2) is 41.8 Å². The summed E-state index contributed by atoms with van der Waals surface area (Å²) in [6.07, 6.45) is 3.06. The summed E-state index contributed by atoms with van der Waals surface area (Å²) in [4.78, 5) is 7.35. The van der Waals surface area contributed by atoms with Gasteiger partial charge in [-0.05, 0) is 0 Å². The summed E-state index contributed by atoms with van der Waals surface area (Å²) in [5.41, 5.74) is 0. The number of nitrogens with zero attached hydrogens (tertiary/aromatic N) is 1. The van der Waals surface area contributed by atoms with Crippen molar-refractivity contribution in [1.82, 2.24) is 4.90 Å². The van der Waals surface area contributed by atoms with Gasteiger partial charge in [0.05, 0.1) is 0 Å². The molecule has 0 aliphatic carbocycles. The van der Waals surface area contributed by atoms with E-state index in [0.717, 1.165) is 0 Å². The predicted octanol–water partition coefficient (Wildman–Crippen LogP) is 1.84. The van der Waals surface area contributed by atoms with Gasteiger partial charge >= 0.3 is 69.5 Å². The average Bonchev–Trinajstić information content (AvgIpc) is 1.75. The monoisotopic (exact) mass is 197 g/mol. The Kier molecular flexibility index (Phi) is 3.88. The molecule has 0 bridgehead atoms. The first-order chi connectivity index (χ1) is 4.79. The molecule has 1 aliphatic heterocycles. The Hall–Kier alpha value is 0.596. The molecule has 1 nitrogen and oxygen atoms in total. The fourth-order valence-electron chi connectivity index (χ4n) is 1.48. The van der Waals surface area contributed by atoms with Gasteiger partial charge in [0.1, 0.15) is 0 Å². The molecule has 2 heteroatoms. The summed E-state index contributed by atoms with van der Waals surface area (Å²) in [6, 6.07) is 0. The van der Waals surface area contributed by atoms with Crippen LogP contribution in [0.3, 0.4) is 0 Å². The Morgan fingerprint density at radius 1 is 1.30 bits per heavy atom. The van der Waals surface area contributed by atoms with Crippen LogP contribution in [0.15, 0.2) is 0 Å². The first kappa shape index (κ1) is 8.69. The predicted molar refractivity (Wildman–Crippen MR) is 48.0 cm³/mol. The second kappa shape index (κ2) is 4.47. The molecule has 0 saturated carbocycles. The van der Waals surface area contributed by atoms with Gasteiger partial charge in [0, 0.05) is 0 Å². The van der Waals surface area contributed by atoms with Gasteiger partial charge in [0.15, 0.2) is 0 Å². The quantitative estimate of drug-likeness (QED) is 0.623. The van der Waals surface area contributed by atoms with E-state index in [-0.39, 0.29) is 0 Å². The summed E-state index contributed by atoms with van der Waals surface area (Å²) in [6.45, 7) is 1.32.